The van der Waals surface area contributed by atoms with E-state index in [4.69, 9.17) is 0 Å². The molecule has 20 heavy (non-hydrogen) atoms. The molecular formula is C15H14FNOS2. The minimum absolute atomic E-state index is 0.0739. The smallest absolute Gasteiger partial charge is 0.261 e. The molecule has 1 aromatic heterocycles. The molecular weight excluding hydrogens is 293 g/mol. The lowest BCUT2D eigenvalue weighted by Gasteiger charge is -2.26. The van der Waals surface area contributed by atoms with Crippen LogP contribution >= 0.6 is 23.1 Å². The number of hydrogen-bond acceptors (Lipinski definition) is 3. The Kier molecular flexibility index (Phi) is 3.81. The number of nitrogens with one attached hydrogen (secondary N) is 1. The minimum atomic E-state index is -0.196. The third kappa shape index (κ3) is 2.60. The van der Waals surface area contributed by atoms with Crippen molar-refractivity contribution >= 4 is 29.0 Å². The van der Waals surface area contributed by atoms with Gasteiger partial charge < -0.3 is 5.32 Å². The van der Waals surface area contributed by atoms with E-state index in [2.05, 4.69) is 5.32 Å². The summed E-state index contributed by atoms with van der Waals surface area (Å²) in [6, 6.07) is 8.74. The van der Waals surface area contributed by atoms with Gasteiger partial charge in [-0.1, -0.05) is 12.1 Å². The summed E-state index contributed by atoms with van der Waals surface area (Å²) >= 11 is 3.00. The van der Waals surface area contributed by atoms with E-state index < -0.39 is 0 Å². The van der Waals surface area contributed by atoms with Gasteiger partial charge in [0.2, 0.25) is 0 Å². The molecule has 0 saturated heterocycles. The molecule has 0 bridgehead atoms. The van der Waals surface area contributed by atoms with Crippen molar-refractivity contribution in [2.45, 2.75) is 24.3 Å². The van der Waals surface area contributed by atoms with Crippen molar-refractivity contribution in [2.75, 3.05) is 5.75 Å². The third-order valence-corrected chi connectivity index (χ3v) is 5.45. The quantitative estimate of drug-likeness (QED) is 0.902. The van der Waals surface area contributed by atoms with E-state index in [1.54, 1.807) is 6.07 Å². The van der Waals surface area contributed by atoms with E-state index >= 15 is 0 Å². The Morgan fingerprint density at radius 2 is 2.20 bits per heavy atom. The minimum Gasteiger partial charge on any atom is -0.344 e. The van der Waals surface area contributed by atoms with E-state index in [-0.39, 0.29) is 17.8 Å². The van der Waals surface area contributed by atoms with Crippen LogP contribution in [0.5, 0.6) is 0 Å². The average Bonchev–Trinajstić information content (AvgIpc) is 2.87. The second-order valence-electron chi connectivity index (χ2n) is 4.73. The topological polar surface area (TPSA) is 29.1 Å². The predicted molar refractivity (Wildman–Crippen MR) is 81.0 cm³/mol. The van der Waals surface area contributed by atoms with Crippen LogP contribution in [-0.4, -0.2) is 11.7 Å². The molecule has 1 amide bonds. The Morgan fingerprint density at radius 1 is 1.35 bits per heavy atom. The molecule has 0 spiro atoms. The summed E-state index contributed by atoms with van der Waals surface area (Å²) in [5.74, 6) is 0.552. The van der Waals surface area contributed by atoms with Crippen molar-refractivity contribution in [3.05, 3.63) is 51.5 Å². The molecule has 1 aliphatic rings. The lowest BCUT2D eigenvalue weighted by Crippen LogP contribution is -2.30. The number of carbonyl (C=O) groups excluding carboxylic acids is 1. The monoisotopic (exact) mass is 307 g/mol. The number of aryl methyl sites for hydroxylation is 1. The van der Waals surface area contributed by atoms with E-state index in [0.717, 1.165) is 22.6 Å². The van der Waals surface area contributed by atoms with Crippen molar-refractivity contribution in [2.24, 2.45) is 0 Å². The fourth-order valence-electron chi connectivity index (χ4n) is 2.32. The van der Waals surface area contributed by atoms with E-state index in [0.29, 0.717) is 9.77 Å². The first-order valence-corrected chi connectivity index (χ1v) is 8.24. The molecule has 1 N–H and O–H groups in total. The van der Waals surface area contributed by atoms with Gasteiger partial charge in [-0.25, -0.2) is 4.39 Å². The third-order valence-electron chi connectivity index (χ3n) is 3.30. The number of fused-ring (bicyclic) bond motifs is 1. The van der Waals surface area contributed by atoms with Gasteiger partial charge in [0.15, 0.2) is 0 Å². The number of rotatable bonds is 2. The van der Waals surface area contributed by atoms with Gasteiger partial charge in [0, 0.05) is 15.5 Å². The zero-order chi connectivity index (χ0) is 14.1. The fraction of sp³-hybridized carbons (Fsp3) is 0.267. The maximum atomic E-state index is 13.8. The van der Waals surface area contributed by atoms with E-state index in [9.17, 15) is 9.18 Å². The van der Waals surface area contributed by atoms with Gasteiger partial charge in [0.1, 0.15) is 5.82 Å². The molecule has 0 aliphatic carbocycles. The van der Waals surface area contributed by atoms with Gasteiger partial charge in [-0.15, -0.1) is 23.1 Å². The number of halogens is 1. The highest BCUT2D eigenvalue weighted by Gasteiger charge is 2.25. The lowest BCUT2D eigenvalue weighted by atomic mass is 10.0. The molecule has 2 nitrogen and oxygen atoms in total. The van der Waals surface area contributed by atoms with Crippen molar-refractivity contribution < 1.29 is 9.18 Å². The van der Waals surface area contributed by atoms with Crippen LogP contribution in [0.3, 0.4) is 0 Å². The second-order valence-corrected chi connectivity index (χ2v) is 7.12. The molecule has 0 saturated carbocycles. The first-order chi connectivity index (χ1) is 9.65. The highest BCUT2D eigenvalue weighted by Crippen LogP contribution is 2.37. The highest BCUT2D eigenvalue weighted by molar-refractivity contribution is 7.99. The Bertz CT molecular complexity index is 653. The molecule has 1 atom stereocenters. The maximum Gasteiger partial charge on any atom is 0.261 e. The number of thioether (sulfide) groups is 1. The van der Waals surface area contributed by atoms with Crippen LogP contribution in [0, 0.1) is 12.7 Å². The Morgan fingerprint density at radius 3 is 2.95 bits per heavy atom. The summed E-state index contributed by atoms with van der Waals surface area (Å²) < 4.78 is 13.8. The zero-order valence-corrected chi connectivity index (χ0v) is 12.6. The Balaban J connectivity index is 1.83. The summed E-state index contributed by atoms with van der Waals surface area (Å²) in [7, 11) is 0. The van der Waals surface area contributed by atoms with Gasteiger partial charge in [0.25, 0.3) is 5.91 Å². The molecule has 0 fully saturated rings. The first kappa shape index (κ1) is 13.6. The SMILES string of the molecule is Cc1ccc(C(=O)NC2CCSc3c(F)cccc32)s1. The molecule has 104 valence electrons. The van der Waals surface area contributed by atoms with E-state index in [1.807, 2.05) is 25.1 Å². The Labute approximate surface area is 125 Å². The number of carbonyl (C=O) groups is 1. The largest absolute Gasteiger partial charge is 0.344 e. The van der Waals surface area contributed by atoms with Crippen LogP contribution in [0.4, 0.5) is 4.39 Å². The number of amides is 1. The van der Waals surface area contributed by atoms with Crippen LogP contribution in [-0.2, 0) is 0 Å². The summed E-state index contributed by atoms with van der Waals surface area (Å²) in [6.07, 6.45) is 0.831. The second kappa shape index (κ2) is 5.58. The van der Waals surface area contributed by atoms with Gasteiger partial charge in [-0.2, -0.15) is 0 Å². The van der Waals surface area contributed by atoms with Gasteiger partial charge in [-0.05, 0) is 37.1 Å². The van der Waals surface area contributed by atoms with Crippen molar-refractivity contribution in [3.63, 3.8) is 0 Å². The van der Waals surface area contributed by atoms with Gasteiger partial charge in [0.05, 0.1) is 10.9 Å². The lowest BCUT2D eigenvalue weighted by molar-refractivity contribution is 0.0939. The molecule has 1 aliphatic heterocycles. The molecule has 1 aromatic carbocycles. The van der Waals surface area contributed by atoms with Crippen molar-refractivity contribution in [3.8, 4) is 0 Å². The van der Waals surface area contributed by atoms with Gasteiger partial charge >= 0.3 is 0 Å². The molecule has 2 heterocycles. The normalized spacial score (nSPS) is 17.6. The number of thiophene rings is 1. The maximum absolute atomic E-state index is 13.8. The predicted octanol–water partition coefficient (Wildman–Crippen LogP) is 4.16. The Hall–Kier alpha value is -1.33. The van der Waals surface area contributed by atoms with Crippen LogP contribution in [0.25, 0.3) is 0 Å². The molecule has 1 unspecified atom stereocenters. The summed E-state index contributed by atoms with van der Waals surface area (Å²) in [5, 5.41) is 3.02. The molecule has 5 heteroatoms. The van der Waals surface area contributed by atoms with Gasteiger partial charge in [-0.3, -0.25) is 4.79 Å². The van der Waals surface area contributed by atoms with Crippen LogP contribution in [0.15, 0.2) is 35.2 Å². The van der Waals surface area contributed by atoms with Crippen LogP contribution in [0.2, 0.25) is 0 Å². The summed E-state index contributed by atoms with van der Waals surface area (Å²) in [6.45, 7) is 1.98. The van der Waals surface area contributed by atoms with Crippen molar-refractivity contribution in [1.29, 1.82) is 0 Å². The van der Waals surface area contributed by atoms with Crippen LogP contribution < -0.4 is 5.32 Å². The zero-order valence-electron chi connectivity index (χ0n) is 11.0. The highest BCUT2D eigenvalue weighted by atomic mass is 32.2. The van der Waals surface area contributed by atoms with E-state index in [1.165, 1.54) is 29.2 Å². The number of benzene rings is 1. The standard InChI is InChI=1S/C15H14FNOS2/c1-9-5-6-13(20-9)15(18)17-12-7-8-19-14-10(12)3-2-4-11(14)16/h2-6,12H,7-8H2,1H3,(H,17,18). The first-order valence-electron chi connectivity index (χ1n) is 6.43. The van der Waals surface area contributed by atoms with Crippen LogP contribution in [0.1, 0.15) is 32.6 Å². The summed E-state index contributed by atoms with van der Waals surface area (Å²) in [4.78, 5) is 14.7. The van der Waals surface area contributed by atoms with Crippen molar-refractivity contribution in [1.82, 2.24) is 5.32 Å². The molecule has 2 aromatic rings. The fourth-order valence-corrected chi connectivity index (χ4v) is 4.23. The molecule has 3 rings (SSSR count). The molecule has 0 radical (unpaired) electrons. The summed E-state index contributed by atoms with van der Waals surface area (Å²) in [5.41, 5.74) is 0.892. The average molecular weight is 307 g/mol. The number of hydrogen-bond donors (Lipinski definition) is 1.